The Morgan fingerprint density at radius 2 is 1.45 bits per heavy atom. The summed E-state index contributed by atoms with van der Waals surface area (Å²) in [5, 5.41) is 31.5. The second-order valence-corrected chi connectivity index (χ2v) is 10.7. The fourth-order valence-electron chi connectivity index (χ4n) is 4.86. The van der Waals surface area contributed by atoms with Crippen LogP contribution in [0.15, 0.2) is 42.7 Å². The maximum Gasteiger partial charge on any atom is 0.306 e. The third kappa shape index (κ3) is 9.83. The third-order valence-electron chi connectivity index (χ3n) is 7.97. The topological polar surface area (TPSA) is 182 Å². The van der Waals surface area contributed by atoms with Gasteiger partial charge in [-0.1, -0.05) is 33.8 Å². The lowest BCUT2D eigenvalue weighted by Gasteiger charge is -2.36. The van der Waals surface area contributed by atoms with E-state index in [1.165, 1.54) is 6.20 Å². The molecule has 13 nitrogen and oxygen atoms in total. The van der Waals surface area contributed by atoms with Gasteiger partial charge in [0.15, 0.2) is 0 Å². The molecule has 0 aliphatic carbocycles. The summed E-state index contributed by atoms with van der Waals surface area (Å²) in [6.07, 6.45) is 7.00. The van der Waals surface area contributed by atoms with Crippen LogP contribution in [-0.4, -0.2) is 71.0 Å². The number of aliphatic carboxylic acids is 1. The first-order chi connectivity index (χ1) is 21.2. The van der Waals surface area contributed by atoms with Crippen LogP contribution in [0.4, 0.5) is 5.69 Å². The number of carboxylic acids is 1. The number of ether oxygens (including phenoxy) is 1. The van der Waals surface area contributed by atoms with Gasteiger partial charge in [-0.25, -0.2) is 0 Å². The molecular weight excluding hydrogens is 564 g/mol. The minimum Gasteiger partial charge on any atom is -0.481 e. The predicted octanol–water partition coefficient (Wildman–Crippen LogP) is 4.61. The van der Waals surface area contributed by atoms with E-state index in [4.69, 9.17) is 4.74 Å². The van der Waals surface area contributed by atoms with Crippen LogP contribution in [0.1, 0.15) is 85.5 Å². The highest BCUT2D eigenvalue weighted by atomic mass is 16.5. The van der Waals surface area contributed by atoms with Crippen molar-refractivity contribution in [3.8, 4) is 23.0 Å². The molecule has 236 valence electrons. The Labute approximate surface area is 257 Å². The van der Waals surface area contributed by atoms with E-state index in [2.05, 4.69) is 41.0 Å². The number of rotatable bonds is 18. The lowest BCUT2D eigenvalue weighted by atomic mass is 9.88. The van der Waals surface area contributed by atoms with E-state index >= 15 is 0 Å². The van der Waals surface area contributed by atoms with E-state index in [9.17, 15) is 19.5 Å². The number of hydrogen-bond acceptors (Lipinski definition) is 10. The summed E-state index contributed by atoms with van der Waals surface area (Å²) in [5.74, 6) is -0.702. The quantitative estimate of drug-likeness (QED) is 0.184. The molecule has 3 N–H and O–H groups in total. The number of anilines is 1. The molecule has 3 aromatic heterocycles. The average Bonchev–Trinajstić information content (AvgIpc) is 3.04. The minimum absolute atomic E-state index is 0.0513. The Balaban J connectivity index is 1.45. The van der Waals surface area contributed by atoms with Gasteiger partial charge < -0.3 is 20.5 Å². The highest BCUT2D eigenvalue weighted by Crippen LogP contribution is 2.28. The normalized spacial score (nSPS) is 11.6. The number of carbonyl (C=O) groups is 3. The molecule has 13 heteroatoms. The molecule has 0 fully saturated rings. The second kappa shape index (κ2) is 16.5. The highest BCUT2D eigenvalue weighted by molar-refractivity contribution is 5.91. The first-order valence-electron chi connectivity index (χ1n) is 15.1. The Hall–Kier alpha value is -4.39. The Kier molecular flexibility index (Phi) is 12.8. The standard InChI is InChI=1S/C31H42N8O5/c1-5-30(6-2,17-19-44-31(7-3,8-4)20-27(42)43)35-26(41)14-11-13-25(40)34-22-15-16-24(33-21-22)29-38-36-28(37-39-29)23-12-9-10-18-32-23/h9-10,12,15-16,18,21H,5-8,11,13-14,17,19-20H2,1-4H3,(H,34,40)(H,35,41)(H,42,43). The number of nitrogens with one attached hydrogen (secondary N) is 2. The summed E-state index contributed by atoms with van der Waals surface area (Å²) >= 11 is 0. The SMILES string of the molecule is CCC(CC)(CCOC(CC)(CC)CC(=O)O)NC(=O)CCCC(=O)Nc1ccc(-c2nnc(-c3ccccn3)nn2)nc1. The van der Waals surface area contributed by atoms with E-state index < -0.39 is 17.1 Å². The van der Waals surface area contributed by atoms with Gasteiger partial charge in [0.25, 0.3) is 0 Å². The fourth-order valence-corrected chi connectivity index (χ4v) is 4.86. The zero-order chi connectivity index (χ0) is 32.0. The molecule has 44 heavy (non-hydrogen) atoms. The first kappa shape index (κ1) is 34.1. The van der Waals surface area contributed by atoms with Crippen molar-refractivity contribution in [2.75, 3.05) is 11.9 Å². The first-order valence-corrected chi connectivity index (χ1v) is 15.1. The van der Waals surface area contributed by atoms with Crippen molar-refractivity contribution >= 4 is 23.5 Å². The van der Waals surface area contributed by atoms with E-state index in [1.54, 1.807) is 30.5 Å². The number of pyridine rings is 2. The maximum absolute atomic E-state index is 12.8. The Bertz CT molecular complexity index is 1350. The van der Waals surface area contributed by atoms with Gasteiger partial charge in [0.2, 0.25) is 23.5 Å². The molecule has 0 atom stereocenters. The van der Waals surface area contributed by atoms with Gasteiger partial charge in [-0.15, -0.1) is 20.4 Å². The van der Waals surface area contributed by atoms with Gasteiger partial charge >= 0.3 is 5.97 Å². The number of aromatic nitrogens is 6. The Morgan fingerprint density at radius 1 is 0.818 bits per heavy atom. The summed E-state index contributed by atoms with van der Waals surface area (Å²) in [4.78, 5) is 45.1. The van der Waals surface area contributed by atoms with Gasteiger partial charge in [-0.3, -0.25) is 24.4 Å². The molecule has 0 bridgehead atoms. The average molecular weight is 607 g/mol. The van der Waals surface area contributed by atoms with Crippen molar-refractivity contribution < 1.29 is 24.2 Å². The third-order valence-corrected chi connectivity index (χ3v) is 7.97. The molecule has 0 radical (unpaired) electrons. The van der Waals surface area contributed by atoms with Crippen molar-refractivity contribution in [1.29, 1.82) is 0 Å². The molecule has 0 aliphatic heterocycles. The molecule has 0 aromatic carbocycles. The van der Waals surface area contributed by atoms with Crippen LogP contribution in [0, 0.1) is 0 Å². The monoisotopic (exact) mass is 606 g/mol. The van der Waals surface area contributed by atoms with Crippen LogP contribution in [0.25, 0.3) is 23.0 Å². The zero-order valence-electron chi connectivity index (χ0n) is 25.9. The molecule has 2 amide bonds. The van der Waals surface area contributed by atoms with E-state index in [1.807, 2.05) is 33.8 Å². The van der Waals surface area contributed by atoms with E-state index in [0.29, 0.717) is 68.0 Å². The van der Waals surface area contributed by atoms with E-state index in [0.717, 1.165) is 0 Å². The van der Waals surface area contributed by atoms with E-state index in [-0.39, 0.29) is 36.9 Å². The van der Waals surface area contributed by atoms with Crippen LogP contribution in [-0.2, 0) is 19.1 Å². The van der Waals surface area contributed by atoms with Crippen molar-refractivity contribution in [2.45, 2.75) is 96.6 Å². The number of carboxylic acid groups (broad SMARTS) is 1. The molecule has 0 spiro atoms. The summed E-state index contributed by atoms with van der Waals surface area (Å²) in [7, 11) is 0. The van der Waals surface area contributed by atoms with Crippen LogP contribution in [0.2, 0.25) is 0 Å². The van der Waals surface area contributed by atoms with Crippen LogP contribution in [0.3, 0.4) is 0 Å². The smallest absolute Gasteiger partial charge is 0.306 e. The van der Waals surface area contributed by atoms with Gasteiger partial charge in [0.05, 0.1) is 23.9 Å². The fraction of sp³-hybridized carbons (Fsp3) is 0.516. The second-order valence-electron chi connectivity index (χ2n) is 10.7. The lowest BCUT2D eigenvalue weighted by molar-refractivity contribution is -0.147. The lowest BCUT2D eigenvalue weighted by Crippen LogP contribution is -2.49. The summed E-state index contributed by atoms with van der Waals surface area (Å²) in [5.41, 5.74) is 0.345. The zero-order valence-corrected chi connectivity index (χ0v) is 25.9. The van der Waals surface area contributed by atoms with Crippen molar-refractivity contribution in [1.82, 2.24) is 35.7 Å². The molecule has 3 aromatic rings. The summed E-state index contributed by atoms with van der Waals surface area (Å²) < 4.78 is 6.10. The molecule has 0 saturated heterocycles. The molecule has 3 rings (SSSR count). The largest absolute Gasteiger partial charge is 0.481 e. The van der Waals surface area contributed by atoms with Crippen molar-refractivity contribution in [3.63, 3.8) is 0 Å². The van der Waals surface area contributed by atoms with Gasteiger partial charge in [0.1, 0.15) is 11.4 Å². The van der Waals surface area contributed by atoms with Crippen molar-refractivity contribution in [3.05, 3.63) is 42.7 Å². The highest BCUT2D eigenvalue weighted by Gasteiger charge is 2.33. The van der Waals surface area contributed by atoms with Gasteiger partial charge in [-0.05, 0) is 62.8 Å². The molecular formula is C31H42N8O5. The molecule has 0 saturated carbocycles. The summed E-state index contributed by atoms with van der Waals surface area (Å²) in [6, 6.07) is 8.72. The van der Waals surface area contributed by atoms with Gasteiger partial charge in [0, 0.05) is 31.2 Å². The number of amides is 2. The maximum atomic E-state index is 12.8. The van der Waals surface area contributed by atoms with Gasteiger partial charge in [-0.2, -0.15) is 0 Å². The Morgan fingerprint density at radius 3 is 1.98 bits per heavy atom. The molecule has 0 aliphatic rings. The van der Waals surface area contributed by atoms with Crippen LogP contribution < -0.4 is 10.6 Å². The van der Waals surface area contributed by atoms with Crippen LogP contribution in [0.5, 0.6) is 0 Å². The molecule has 0 unspecified atom stereocenters. The number of carbonyl (C=O) groups excluding carboxylic acids is 2. The van der Waals surface area contributed by atoms with Crippen LogP contribution >= 0.6 is 0 Å². The number of nitrogens with zero attached hydrogens (tertiary/aromatic N) is 6. The molecule has 3 heterocycles. The summed E-state index contributed by atoms with van der Waals surface area (Å²) in [6.45, 7) is 8.23. The number of hydrogen-bond donors (Lipinski definition) is 3. The predicted molar refractivity (Wildman–Crippen MR) is 164 cm³/mol. The minimum atomic E-state index is -0.885. The van der Waals surface area contributed by atoms with Crippen molar-refractivity contribution in [2.24, 2.45) is 0 Å².